The van der Waals surface area contributed by atoms with E-state index in [0.717, 1.165) is 5.69 Å². The van der Waals surface area contributed by atoms with Gasteiger partial charge in [0.1, 0.15) is 0 Å². The number of fused-ring (bicyclic) bond motifs is 4. The SMILES string of the molecule is CC(C)(C)c1cc(-c2nccc3ccc4ccccc4c23)cc2ccccc12. The summed E-state index contributed by atoms with van der Waals surface area (Å²) in [6.07, 6.45) is 1.93. The van der Waals surface area contributed by atoms with Crippen LogP contribution in [0.5, 0.6) is 0 Å². The summed E-state index contributed by atoms with van der Waals surface area (Å²) in [5.74, 6) is 0. The molecule has 28 heavy (non-hydrogen) atoms. The number of nitrogens with zero attached hydrogens (tertiary/aromatic N) is 1. The van der Waals surface area contributed by atoms with Crippen molar-refractivity contribution in [3.63, 3.8) is 0 Å². The van der Waals surface area contributed by atoms with Gasteiger partial charge in [0, 0.05) is 17.1 Å². The van der Waals surface area contributed by atoms with Crippen molar-refractivity contribution in [3.05, 3.63) is 90.6 Å². The Morgan fingerprint density at radius 2 is 1.32 bits per heavy atom. The van der Waals surface area contributed by atoms with Crippen molar-refractivity contribution >= 4 is 32.3 Å². The second kappa shape index (κ2) is 6.17. The zero-order valence-electron chi connectivity index (χ0n) is 16.5. The fourth-order valence-corrected chi connectivity index (χ4v) is 4.23. The first-order valence-corrected chi connectivity index (χ1v) is 9.82. The maximum Gasteiger partial charge on any atom is 0.0786 e. The maximum atomic E-state index is 4.86. The summed E-state index contributed by atoms with van der Waals surface area (Å²) in [7, 11) is 0. The molecule has 0 fully saturated rings. The van der Waals surface area contributed by atoms with Gasteiger partial charge in [-0.2, -0.15) is 0 Å². The Morgan fingerprint density at radius 3 is 2.11 bits per heavy atom. The number of hydrogen-bond acceptors (Lipinski definition) is 1. The minimum atomic E-state index is 0.0578. The normalized spacial score (nSPS) is 12.1. The third-order valence-electron chi connectivity index (χ3n) is 5.60. The van der Waals surface area contributed by atoms with Gasteiger partial charge in [-0.05, 0) is 56.1 Å². The van der Waals surface area contributed by atoms with E-state index in [2.05, 4.69) is 99.6 Å². The van der Waals surface area contributed by atoms with E-state index in [1.807, 2.05) is 6.20 Å². The maximum absolute atomic E-state index is 4.86. The van der Waals surface area contributed by atoms with Crippen LogP contribution in [0.4, 0.5) is 0 Å². The molecule has 1 heteroatoms. The van der Waals surface area contributed by atoms with Crippen molar-refractivity contribution in [1.82, 2.24) is 4.98 Å². The van der Waals surface area contributed by atoms with Crippen molar-refractivity contribution in [2.24, 2.45) is 0 Å². The van der Waals surface area contributed by atoms with Crippen molar-refractivity contribution in [2.75, 3.05) is 0 Å². The van der Waals surface area contributed by atoms with Crippen LogP contribution in [0.2, 0.25) is 0 Å². The highest BCUT2D eigenvalue weighted by molar-refractivity contribution is 6.13. The number of pyridine rings is 1. The summed E-state index contributed by atoms with van der Waals surface area (Å²) in [5, 5.41) is 7.56. The second-order valence-electron chi connectivity index (χ2n) is 8.54. The van der Waals surface area contributed by atoms with E-state index >= 15 is 0 Å². The molecule has 136 valence electrons. The summed E-state index contributed by atoms with van der Waals surface area (Å²) in [4.78, 5) is 4.86. The number of hydrogen-bond donors (Lipinski definition) is 0. The molecule has 5 rings (SSSR count). The molecule has 0 amide bonds. The summed E-state index contributed by atoms with van der Waals surface area (Å²) >= 11 is 0. The minimum Gasteiger partial charge on any atom is -0.256 e. The molecule has 5 aromatic rings. The molecule has 0 N–H and O–H groups in total. The van der Waals surface area contributed by atoms with E-state index in [1.165, 1.54) is 43.4 Å². The highest BCUT2D eigenvalue weighted by atomic mass is 14.7. The van der Waals surface area contributed by atoms with Crippen LogP contribution in [-0.2, 0) is 5.41 Å². The molecule has 0 radical (unpaired) electrons. The molecule has 0 spiro atoms. The van der Waals surface area contributed by atoms with Crippen LogP contribution >= 0.6 is 0 Å². The first-order valence-electron chi connectivity index (χ1n) is 9.82. The van der Waals surface area contributed by atoms with E-state index in [1.54, 1.807) is 0 Å². The second-order valence-corrected chi connectivity index (χ2v) is 8.54. The average molecular weight is 361 g/mol. The molecule has 4 aromatic carbocycles. The molecule has 0 aliphatic heterocycles. The number of rotatable bonds is 1. The quantitative estimate of drug-likeness (QED) is 0.282. The van der Waals surface area contributed by atoms with Gasteiger partial charge in [0.25, 0.3) is 0 Å². The fraction of sp³-hybridized carbons (Fsp3) is 0.148. The topological polar surface area (TPSA) is 12.9 Å². The van der Waals surface area contributed by atoms with Crippen molar-refractivity contribution in [1.29, 1.82) is 0 Å². The summed E-state index contributed by atoms with van der Waals surface area (Å²) in [5.41, 5.74) is 3.66. The molecule has 1 heterocycles. The molecule has 0 bridgehead atoms. The highest BCUT2D eigenvalue weighted by Gasteiger charge is 2.19. The molecule has 0 aliphatic rings. The first-order chi connectivity index (χ1) is 13.5. The predicted octanol–water partition coefficient (Wildman–Crippen LogP) is 7.51. The van der Waals surface area contributed by atoms with Gasteiger partial charge in [-0.15, -0.1) is 0 Å². The lowest BCUT2D eigenvalue weighted by Gasteiger charge is -2.23. The minimum absolute atomic E-state index is 0.0578. The van der Waals surface area contributed by atoms with Crippen molar-refractivity contribution in [2.45, 2.75) is 26.2 Å². The number of benzene rings is 4. The fourth-order valence-electron chi connectivity index (χ4n) is 4.23. The molecule has 1 nitrogen and oxygen atoms in total. The van der Waals surface area contributed by atoms with Gasteiger partial charge in [-0.25, -0.2) is 0 Å². The lowest BCUT2D eigenvalue weighted by molar-refractivity contribution is 0.596. The summed E-state index contributed by atoms with van der Waals surface area (Å²) in [6, 6.07) is 28.4. The monoisotopic (exact) mass is 361 g/mol. The van der Waals surface area contributed by atoms with Crippen molar-refractivity contribution < 1.29 is 0 Å². The van der Waals surface area contributed by atoms with Crippen LogP contribution in [0.15, 0.2) is 85.1 Å². The van der Waals surface area contributed by atoms with E-state index in [4.69, 9.17) is 4.98 Å². The lowest BCUT2D eigenvalue weighted by atomic mass is 9.82. The molecule has 0 atom stereocenters. The molecular formula is C27H23N. The summed E-state index contributed by atoms with van der Waals surface area (Å²) < 4.78 is 0. The Balaban J connectivity index is 1.91. The van der Waals surface area contributed by atoms with Gasteiger partial charge in [0.15, 0.2) is 0 Å². The predicted molar refractivity (Wildman–Crippen MR) is 121 cm³/mol. The van der Waals surface area contributed by atoms with Crippen LogP contribution < -0.4 is 0 Å². The molecule has 1 aromatic heterocycles. The van der Waals surface area contributed by atoms with Gasteiger partial charge in [0.05, 0.1) is 5.69 Å². The Kier molecular flexibility index (Phi) is 3.73. The summed E-state index contributed by atoms with van der Waals surface area (Å²) in [6.45, 7) is 6.85. The molecule has 0 saturated heterocycles. The number of aromatic nitrogens is 1. The van der Waals surface area contributed by atoms with E-state index < -0.39 is 0 Å². The van der Waals surface area contributed by atoms with Crippen LogP contribution in [-0.4, -0.2) is 4.98 Å². The molecule has 0 unspecified atom stereocenters. The average Bonchev–Trinajstić information content (AvgIpc) is 2.71. The third-order valence-corrected chi connectivity index (χ3v) is 5.60. The van der Waals surface area contributed by atoms with Gasteiger partial charge in [-0.3, -0.25) is 4.98 Å². The lowest BCUT2D eigenvalue weighted by Crippen LogP contribution is -2.12. The Bertz CT molecular complexity index is 1340. The first kappa shape index (κ1) is 16.9. The Hall–Kier alpha value is -3.19. The molecule has 0 saturated carbocycles. The van der Waals surface area contributed by atoms with E-state index in [9.17, 15) is 0 Å². The van der Waals surface area contributed by atoms with Crippen LogP contribution in [0, 0.1) is 0 Å². The highest BCUT2D eigenvalue weighted by Crippen LogP contribution is 2.38. The van der Waals surface area contributed by atoms with Gasteiger partial charge < -0.3 is 0 Å². The zero-order chi connectivity index (χ0) is 19.3. The standard InChI is InChI=1S/C27H23N/c1-27(2,3)24-17-21(16-20-9-5-6-10-22(20)24)26-25-19(14-15-28-26)13-12-18-8-4-7-11-23(18)25/h4-17H,1-3H3. The van der Waals surface area contributed by atoms with Crippen LogP contribution in [0.3, 0.4) is 0 Å². The van der Waals surface area contributed by atoms with Gasteiger partial charge in [0.2, 0.25) is 0 Å². The van der Waals surface area contributed by atoms with Crippen LogP contribution in [0.1, 0.15) is 26.3 Å². The van der Waals surface area contributed by atoms with Gasteiger partial charge in [-0.1, -0.05) is 81.4 Å². The Labute approximate surface area is 165 Å². The molecule has 0 aliphatic carbocycles. The van der Waals surface area contributed by atoms with Gasteiger partial charge >= 0.3 is 0 Å². The zero-order valence-corrected chi connectivity index (χ0v) is 16.5. The third kappa shape index (κ3) is 2.66. The Morgan fingerprint density at radius 1 is 0.643 bits per heavy atom. The van der Waals surface area contributed by atoms with E-state index in [-0.39, 0.29) is 5.41 Å². The van der Waals surface area contributed by atoms with E-state index in [0.29, 0.717) is 0 Å². The van der Waals surface area contributed by atoms with Crippen LogP contribution in [0.25, 0.3) is 43.6 Å². The van der Waals surface area contributed by atoms with Crippen molar-refractivity contribution in [3.8, 4) is 11.3 Å². The largest absolute Gasteiger partial charge is 0.256 e. The smallest absolute Gasteiger partial charge is 0.0786 e. The molecular weight excluding hydrogens is 338 g/mol.